The first kappa shape index (κ1) is 16.2. The van der Waals surface area contributed by atoms with E-state index in [2.05, 4.69) is 11.4 Å². The molecule has 1 aromatic rings. The van der Waals surface area contributed by atoms with E-state index in [0.29, 0.717) is 6.04 Å². The van der Waals surface area contributed by atoms with Crippen molar-refractivity contribution in [2.75, 3.05) is 21.3 Å². The number of hydrogen-bond donors (Lipinski definition) is 1. The standard InChI is InChI=1S/C18H29NO2/c1-19-17(11-9-14-7-5-4-6-8-14)16-13-15(20-2)10-12-18(16)21-3/h10,12-14,17,19H,4-9,11H2,1-3H3. The van der Waals surface area contributed by atoms with E-state index in [9.17, 15) is 0 Å². The molecule has 1 aliphatic rings. The van der Waals surface area contributed by atoms with Gasteiger partial charge in [0.1, 0.15) is 11.5 Å². The van der Waals surface area contributed by atoms with E-state index in [1.54, 1.807) is 14.2 Å². The Morgan fingerprint density at radius 2 is 1.90 bits per heavy atom. The molecule has 0 bridgehead atoms. The molecule has 21 heavy (non-hydrogen) atoms. The first-order chi connectivity index (χ1) is 10.3. The Bertz CT molecular complexity index is 427. The fourth-order valence-electron chi connectivity index (χ4n) is 3.45. The highest BCUT2D eigenvalue weighted by Gasteiger charge is 2.19. The minimum atomic E-state index is 0.331. The Morgan fingerprint density at radius 3 is 2.52 bits per heavy atom. The minimum absolute atomic E-state index is 0.331. The van der Waals surface area contributed by atoms with Gasteiger partial charge in [0.15, 0.2) is 0 Å². The molecule has 1 unspecified atom stereocenters. The first-order valence-corrected chi connectivity index (χ1v) is 8.17. The van der Waals surface area contributed by atoms with Gasteiger partial charge in [-0.2, -0.15) is 0 Å². The fourth-order valence-corrected chi connectivity index (χ4v) is 3.45. The molecule has 0 heterocycles. The molecular formula is C18H29NO2. The number of ether oxygens (including phenoxy) is 2. The molecule has 1 N–H and O–H groups in total. The molecule has 3 heteroatoms. The van der Waals surface area contributed by atoms with Crippen LogP contribution in [0.4, 0.5) is 0 Å². The molecule has 0 amide bonds. The molecule has 1 aliphatic carbocycles. The average molecular weight is 291 g/mol. The third-order valence-electron chi connectivity index (χ3n) is 4.75. The second kappa shape index (κ2) is 8.28. The van der Waals surface area contributed by atoms with Crippen LogP contribution in [0.1, 0.15) is 56.6 Å². The largest absolute Gasteiger partial charge is 0.497 e. The molecule has 0 aliphatic heterocycles. The van der Waals surface area contributed by atoms with Crippen molar-refractivity contribution in [1.29, 1.82) is 0 Å². The number of hydrogen-bond acceptors (Lipinski definition) is 3. The van der Waals surface area contributed by atoms with Gasteiger partial charge >= 0.3 is 0 Å². The predicted molar refractivity (Wildman–Crippen MR) is 87.2 cm³/mol. The van der Waals surface area contributed by atoms with Gasteiger partial charge in [-0.05, 0) is 44.0 Å². The molecular weight excluding hydrogens is 262 g/mol. The van der Waals surface area contributed by atoms with Gasteiger partial charge < -0.3 is 14.8 Å². The normalized spacial score (nSPS) is 17.5. The van der Waals surface area contributed by atoms with Crippen molar-refractivity contribution >= 4 is 0 Å². The average Bonchev–Trinajstić information content (AvgIpc) is 2.56. The van der Waals surface area contributed by atoms with Crippen LogP contribution in [0.25, 0.3) is 0 Å². The lowest BCUT2D eigenvalue weighted by atomic mass is 9.84. The SMILES string of the molecule is CNC(CCC1CCCCC1)c1cc(OC)ccc1OC. The lowest BCUT2D eigenvalue weighted by molar-refractivity contribution is 0.314. The smallest absolute Gasteiger partial charge is 0.123 e. The van der Waals surface area contributed by atoms with Crippen molar-refractivity contribution in [3.63, 3.8) is 0 Å². The highest BCUT2D eigenvalue weighted by atomic mass is 16.5. The Balaban J connectivity index is 2.04. The fraction of sp³-hybridized carbons (Fsp3) is 0.667. The van der Waals surface area contributed by atoms with Gasteiger partial charge in [0, 0.05) is 11.6 Å². The van der Waals surface area contributed by atoms with E-state index >= 15 is 0 Å². The molecule has 2 rings (SSSR count). The van der Waals surface area contributed by atoms with Crippen LogP contribution in [-0.2, 0) is 0 Å². The maximum atomic E-state index is 5.52. The Morgan fingerprint density at radius 1 is 1.14 bits per heavy atom. The summed E-state index contributed by atoms with van der Waals surface area (Å²) in [5.41, 5.74) is 1.20. The zero-order valence-electron chi connectivity index (χ0n) is 13.7. The summed E-state index contributed by atoms with van der Waals surface area (Å²) in [6.07, 6.45) is 9.53. The van der Waals surface area contributed by atoms with E-state index in [1.807, 2.05) is 19.2 Å². The Hall–Kier alpha value is -1.22. The van der Waals surface area contributed by atoms with Gasteiger partial charge in [0.2, 0.25) is 0 Å². The lowest BCUT2D eigenvalue weighted by Gasteiger charge is -2.25. The van der Waals surface area contributed by atoms with Crippen molar-refractivity contribution < 1.29 is 9.47 Å². The van der Waals surface area contributed by atoms with Crippen molar-refractivity contribution in [1.82, 2.24) is 5.32 Å². The molecule has 1 aromatic carbocycles. The second-order valence-corrected chi connectivity index (χ2v) is 6.03. The van der Waals surface area contributed by atoms with Crippen LogP contribution >= 0.6 is 0 Å². The van der Waals surface area contributed by atoms with Gasteiger partial charge in [-0.15, -0.1) is 0 Å². The minimum Gasteiger partial charge on any atom is -0.497 e. The van der Waals surface area contributed by atoms with E-state index in [-0.39, 0.29) is 0 Å². The highest BCUT2D eigenvalue weighted by Crippen LogP contribution is 2.34. The van der Waals surface area contributed by atoms with E-state index in [4.69, 9.17) is 9.47 Å². The summed E-state index contributed by atoms with van der Waals surface area (Å²) < 4.78 is 10.9. The van der Waals surface area contributed by atoms with Crippen molar-refractivity contribution in [3.8, 4) is 11.5 Å². The molecule has 0 saturated heterocycles. The summed E-state index contributed by atoms with van der Waals surface area (Å²) in [6, 6.07) is 6.38. The molecule has 3 nitrogen and oxygen atoms in total. The van der Waals surface area contributed by atoms with Crippen LogP contribution in [0.3, 0.4) is 0 Å². The maximum absolute atomic E-state index is 5.52. The summed E-state index contributed by atoms with van der Waals surface area (Å²) in [6.45, 7) is 0. The number of benzene rings is 1. The van der Waals surface area contributed by atoms with Crippen LogP contribution < -0.4 is 14.8 Å². The van der Waals surface area contributed by atoms with Crippen LogP contribution in [0.2, 0.25) is 0 Å². The van der Waals surface area contributed by atoms with Crippen molar-refractivity contribution in [2.45, 2.75) is 51.0 Å². The van der Waals surface area contributed by atoms with Crippen LogP contribution in [0, 0.1) is 5.92 Å². The zero-order valence-corrected chi connectivity index (χ0v) is 13.7. The topological polar surface area (TPSA) is 30.5 Å². The van der Waals surface area contributed by atoms with Gasteiger partial charge in [0.05, 0.1) is 14.2 Å². The molecule has 118 valence electrons. The molecule has 0 radical (unpaired) electrons. The van der Waals surface area contributed by atoms with Gasteiger partial charge in [-0.25, -0.2) is 0 Å². The van der Waals surface area contributed by atoms with E-state index in [0.717, 1.165) is 23.8 Å². The molecule has 0 spiro atoms. The van der Waals surface area contributed by atoms with Crippen molar-refractivity contribution in [2.24, 2.45) is 5.92 Å². The van der Waals surface area contributed by atoms with Crippen LogP contribution in [-0.4, -0.2) is 21.3 Å². The molecule has 0 aromatic heterocycles. The zero-order chi connectivity index (χ0) is 15.1. The van der Waals surface area contributed by atoms with Gasteiger partial charge in [-0.1, -0.05) is 32.1 Å². The van der Waals surface area contributed by atoms with E-state index in [1.165, 1.54) is 44.1 Å². The summed E-state index contributed by atoms with van der Waals surface area (Å²) in [4.78, 5) is 0. The van der Waals surface area contributed by atoms with Gasteiger partial charge in [-0.3, -0.25) is 0 Å². The second-order valence-electron chi connectivity index (χ2n) is 6.03. The Labute approximate surface area is 129 Å². The summed E-state index contributed by atoms with van der Waals surface area (Å²) in [5, 5.41) is 3.45. The van der Waals surface area contributed by atoms with Crippen LogP contribution in [0.15, 0.2) is 18.2 Å². The van der Waals surface area contributed by atoms with Crippen LogP contribution in [0.5, 0.6) is 11.5 Å². The molecule has 1 saturated carbocycles. The van der Waals surface area contributed by atoms with Crippen molar-refractivity contribution in [3.05, 3.63) is 23.8 Å². The molecule has 1 atom stereocenters. The lowest BCUT2D eigenvalue weighted by Crippen LogP contribution is -2.19. The molecule has 1 fully saturated rings. The number of rotatable bonds is 7. The highest BCUT2D eigenvalue weighted by molar-refractivity contribution is 5.42. The third kappa shape index (κ3) is 4.37. The van der Waals surface area contributed by atoms with Gasteiger partial charge in [0.25, 0.3) is 0 Å². The summed E-state index contributed by atoms with van der Waals surface area (Å²) in [7, 11) is 5.48. The maximum Gasteiger partial charge on any atom is 0.123 e. The monoisotopic (exact) mass is 291 g/mol. The third-order valence-corrected chi connectivity index (χ3v) is 4.75. The summed E-state index contributed by atoms with van der Waals surface area (Å²) in [5.74, 6) is 2.74. The Kier molecular flexibility index (Phi) is 6.37. The quantitative estimate of drug-likeness (QED) is 0.811. The first-order valence-electron chi connectivity index (χ1n) is 8.17. The van der Waals surface area contributed by atoms with E-state index < -0.39 is 0 Å². The number of nitrogens with one attached hydrogen (secondary N) is 1. The number of methoxy groups -OCH3 is 2. The summed E-state index contributed by atoms with van der Waals surface area (Å²) >= 11 is 0. The predicted octanol–water partition coefficient (Wildman–Crippen LogP) is 4.32.